The minimum atomic E-state index is -0.103. The number of carbonyl (C=O) groups is 1. The molecule has 0 unspecified atom stereocenters. The van der Waals surface area contributed by atoms with E-state index in [1.165, 1.54) is 0 Å². The third-order valence-corrected chi connectivity index (χ3v) is 2.34. The summed E-state index contributed by atoms with van der Waals surface area (Å²) in [6.45, 7) is 2.52. The van der Waals surface area contributed by atoms with Gasteiger partial charge in [0.2, 0.25) is 0 Å². The van der Waals surface area contributed by atoms with Gasteiger partial charge in [-0.1, -0.05) is 0 Å². The predicted molar refractivity (Wildman–Crippen MR) is 58.7 cm³/mol. The lowest BCUT2D eigenvalue weighted by Crippen LogP contribution is -2.17. The van der Waals surface area contributed by atoms with Crippen LogP contribution in [0, 0.1) is 0 Å². The maximum Gasteiger partial charge on any atom is 0.251 e. The van der Waals surface area contributed by atoms with Crippen molar-refractivity contribution in [3.8, 4) is 5.75 Å². The first kappa shape index (κ1) is 11.0. The lowest BCUT2D eigenvalue weighted by molar-refractivity contribution is 0.0963. The van der Waals surface area contributed by atoms with Crippen LogP contribution in [0.25, 0.3) is 0 Å². The van der Waals surface area contributed by atoms with Gasteiger partial charge in [0.25, 0.3) is 5.91 Å². The van der Waals surface area contributed by atoms with Crippen molar-refractivity contribution in [2.24, 2.45) is 0 Å². The standard InChI is InChI=1S/C10H12BrNO2/c1-3-14-9-5-4-7(6-8(9)11)10(13)12-2/h4-6H,3H2,1-2H3,(H,12,13). The van der Waals surface area contributed by atoms with Crippen LogP contribution in [0.3, 0.4) is 0 Å². The zero-order valence-corrected chi connectivity index (χ0v) is 9.72. The molecule has 1 N–H and O–H groups in total. The highest BCUT2D eigenvalue weighted by atomic mass is 79.9. The molecule has 0 radical (unpaired) electrons. The first-order chi connectivity index (χ1) is 6.69. The van der Waals surface area contributed by atoms with E-state index in [1.54, 1.807) is 25.2 Å². The second-order valence-corrected chi connectivity index (χ2v) is 3.51. The van der Waals surface area contributed by atoms with E-state index in [0.717, 1.165) is 10.2 Å². The van der Waals surface area contributed by atoms with Crippen LogP contribution in [0.4, 0.5) is 0 Å². The molecule has 1 rings (SSSR count). The summed E-state index contributed by atoms with van der Waals surface area (Å²) in [6, 6.07) is 5.25. The highest BCUT2D eigenvalue weighted by Gasteiger charge is 2.06. The van der Waals surface area contributed by atoms with Crippen molar-refractivity contribution < 1.29 is 9.53 Å². The summed E-state index contributed by atoms with van der Waals surface area (Å²) in [5, 5.41) is 2.56. The summed E-state index contributed by atoms with van der Waals surface area (Å²) < 4.78 is 6.12. The number of nitrogens with one attached hydrogen (secondary N) is 1. The molecule has 0 aliphatic rings. The Morgan fingerprint density at radius 1 is 1.57 bits per heavy atom. The molecule has 4 heteroatoms. The second-order valence-electron chi connectivity index (χ2n) is 2.66. The fourth-order valence-corrected chi connectivity index (χ4v) is 1.55. The van der Waals surface area contributed by atoms with Gasteiger partial charge in [0, 0.05) is 12.6 Å². The minimum Gasteiger partial charge on any atom is -0.493 e. The van der Waals surface area contributed by atoms with Crippen molar-refractivity contribution in [1.82, 2.24) is 5.32 Å². The van der Waals surface area contributed by atoms with Gasteiger partial charge in [-0.2, -0.15) is 0 Å². The van der Waals surface area contributed by atoms with Crippen LogP contribution in [0.5, 0.6) is 5.75 Å². The van der Waals surface area contributed by atoms with Gasteiger partial charge in [-0.25, -0.2) is 0 Å². The fraction of sp³-hybridized carbons (Fsp3) is 0.300. The van der Waals surface area contributed by atoms with Crippen LogP contribution < -0.4 is 10.1 Å². The van der Waals surface area contributed by atoms with E-state index in [0.29, 0.717) is 12.2 Å². The molecule has 0 bridgehead atoms. The average Bonchev–Trinajstić information content (AvgIpc) is 2.20. The van der Waals surface area contributed by atoms with Crippen LogP contribution in [0.2, 0.25) is 0 Å². The van der Waals surface area contributed by atoms with Crippen LogP contribution in [-0.4, -0.2) is 19.6 Å². The number of rotatable bonds is 3. The van der Waals surface area contributed by atoms with E-state index in [-0.39, 0.29) is 5.91 Å². The van der Waals surface area contributed by atoms with Crippen molar-refractivity contribution in [2.75, 3.05) is 13.7 Å². The molecule has 0 spiro atoms. The molecular weight excluding hydrogens is 246 g/mol. The molecule has 0 saturated carbocycles. The molecule has 0 atom stereocenters. The number of hydrogen-bond acceptors (Lipinski definition) is 2. The van der Waals surface area contributed by atoms with Crippen LogP contribution in [-0.2, 0) is 0 Å². The molecule has 0 fully saturated rings. The third-order valence-electron chi connectivity index (χ3n) is 1.72. The van der Waals surface area contributed by atoms with Gasteiger partial charge in [0.1, 0.15) is 5.75 Å². The van der Waals surface area contributed by atoms with E-state index < -0.39 is 0 Å². The van der Waals surface area contributed by atoms with E-state index in [4.69, 9.17) is 4.74 Å². The van der Waals surface area contributed by atoms with E-state index in [9.17, 15) is 4.79 Å². The van der Waals surface area contributed by atoms with Gasteiger partial charge >= 0.3 is 0 Å². The third kappa shape index (κ3) is 2.48. The van der Waals surface area contributed by atoms with Crippen LogP contribution in [0.1, 0.15) is 17.3 Å². The van der Waals surface area contributed by atoms with Crippen LogP contribution >= 0.6 is 15.9 Å². The van der Waals surface area contributed by atoms with E-state index in [1.807, 2.05) is 6.92 Å². The molecule has 0 aliphatic carbocycles. The highest BCUT2D eigenvalue weighted by Crippen LogP contribution is 2.25. The number of benzene rings is 1. The Labute approximate surface area is 91.6 Å². The quantitative estimate of drug-likeness (QED) is 0.902. The average molecular weight is 258 g/mol. The monoisotopic (exact) mass is 257 g/mol. The Morgan fingerprint density at radius 2 is 2.29 bits per heavy atom. The zero-order chi connectivity index (χ0) is 10.6. The van der Waals surface area contributed by atoms with Crippen molar-refractivity contribution in [3.05, 3.63) is 28.2 Å². The Bertz CT molecular complexity index is 339. The maximum absolute atomic E-state index is 11.3. The molecule has 0 heterocycles. The summed E-state index contributed by atoms with van der Waals surface area (Å²) in [5.41, 5.74) is 0.614. The molecule has 0 aliphatic heterocycles. The summed E-state index contributed by atoms with van der Waals surface area (Å²) >= 11 is 3.34. The topological polar surface area (TPSA) is 38.3 Å². The molecule has 76 valence electrons. The molecule has 1 aromatic rings. The number of ether oxygens (including phenoxy) is 1. The lowest BCUT2D eigenvalue weighted by Gasteiger charge is -2.06. The Hall–Kier alpha value is -1.03. The Kier molecular flexibility index (Phi) is 3.95. The van der Waals surface area contributed by atoms with Crippen molar-refractivity contribution in [2.45, 2.75) is 6.92 Å². The normalized spacial score (nSPS) is 9.64. The molecule has 3 nitrogen and oxygen atoms in total. The van der Waals surface area contributed by atoms with Crippen molar-refractivity contribution in [3.63, 3.8) is 0 Å². The maximum atomic E-state index is 11.3. The Morgan fingerprint density at radius 3 is 2.79 bits per heavy atom. The van der Waals surface area contributed by atoms with Gasteiger partial charge in [-0.15, -0.1) is 0 Å². The molecule has 14 heavy (non-hydrogen) atoms. The molecular formula is C10H12BrNO2. The minimum absolute atomic E-state index is 0.103. The SMILES string of the molecule is CCOc1ccc(C(=O)NC)cc1Br. The smallest absolute Gasteiger partial charge is 0.251 e. The van der Waals surface area contributed by atoms with Gasteiger partial charge in [-0.05, 0) is 41.1 Å². The predicted octanol–water partition coefficient (Wildman–Crippen LogP) is 2.21. The largest absolute Gasteiger partial charge is 0.493 e. The molecule has 1 amide bonds. The zero-order valence-electron chi connectivity index (χ0n) is 8.13. The Balaban J connectivity index is 2.94. The molecule has 0 saturated heterocycles. The number of halogens is 1. The van der Waals surface area contributed by atoms with Crippen molar-refractivity contribution in [1.29, 1.82) is 0 Å². The van der Waals surface area contributed by atoms with Gasteiger partial charge in [0.05, 0.1) is 11.1 Å². The first-order valence-corrected chi connectivity index (χ1v) is 5.12. The van der Waals surface area contributed by atoms with Crippen LogP contribution in [0.15, 0.2) is 22.7 Å². The molecule has 1 aromatic carbocycles. The first-order valence-electron chi connectivity index (χ1n) is 4.33. The molecule has 0 aromatic heterocycles. The number of hydrogen-bond donors (Lipinski definition) is 1. The fourth-order valence-electron chi connectivity index (χ4n) is 1.06. The van der Waals surface area contributed by atoms with Crippen molar-refractivity contribution >= 4 is 21.8 Å². The van der Waals surface area contributed by atoms with Gasteiger partial charge < -0.3 is 10.1 Å². The summed E-state index contributed by atoms with van der Waals surface area (Å²) in [7, 11) is 1.60. The number of carbonyl (C=O) groups excluding carboxylic acids is 1. The highest BCUT2D eigenvalue weighted by molar-refractivity contribution is 9.10. The van der Waals surface area contributed by atoms with E-state index in [2.05, 4.69) is 21.2 Å². The second kappa shape index (κ2) is 5.00. The van der Waals surface area contributed by atoms with Gasteiger partial charge in [0.15, 0.2) is 0 Å². The lowest BCUT2D eigenvalue weighted by atomic mass is 10.2. The van der Waals surface area contributed by atoms with E-state index >= 15 is 0 Å². The summed E-state index contributed by atoms with van der Waals surface area (Å²) in [6.07, 6.45) is 0. The summed E-state index contributed by atoms with van der Waals surface area (Å²) in [5.74, 6) is 0.647. The van der Waals surface area contributed by atoms with Gasteiger partial charge in [-0.3, -0.25) is 4.79 Å². The summed E-state index contributed by atoms with van der Waals surface area (Å²) in [4.78, 5) is 11.3. The number of amides is 1.